The van der Waals surface area contributed by atoms with E-state index in [-0.39, 0.29) is 12.5 Å². The van der Waals surface area contributed by atoms with Crippen LogP contribution in [0.3, 0.4) is 0 Å². The largest absolute Gasteiger partial charge is 0.477 e. The molecule has 14 heavy (non-hydrogen) atoms. The molecule has 0 aromatic rings. The summed E-state index contributed by atoms with van der Waals surface area (Å²) < 4.78 is 17.1. The quantitative estimate of drug-likeness (QED) is 0.664. The molecular weight excluding hydrogens is 187 g/mol. The first-order valence-electron chi connectivity index (χ1n) is 5.10. The molecule has 4 heteroatoms. The third-order valence-electron chi connectivity index (χ3n) is 2.22. The molecule has 0 spiro atoms. The second-order valence-electron chi connectivity index (χ2n) is 3.40. The lowest BCUT2D eigenvalue weighted by Crippen LogP contribution is -2.22. The van der Waals surface area contributed by atoms with Gasteiger partial charge >= 0.3 is 5.97 Å². The normalized spacial score (nSPS) is 15.1. The summed E-state index contributed by atoms with van der Waals surface area (Å²) in [4.78, 5) is 10.1. The fourth-order valence-electron chi connectivity index (χ4n) is 1.19. The number of carboxylic acid groups (broad SMARTS) is 1. The van der Waals surface area contributed by atoms with E-state index in [0.717, 1.165) is 25.7 Å². The van der Waals surface area contributed by atoms with Crippen molar-refractivity contribution >= 4 is 5.97 Å². The molecule has 0 fully saturated rings. The highest BCUT2D eigenvalue weighted by Crippen LogP contribution is 2.13. The van der Waals surface area contributed by atoms with E-state index in [9.17, 15) is 9.18 Å². The molecule has 0 rings (SSSR count). The van der Waals surface area contributed by atoms with Gasteiger partial charge in [-0.1, -0.05) is 33.1 Å². The summed E-state index contributed by atoms with van der Waals surface area (Å²) in [5.41, 5.74) is 0. The monoisotopic (exact) mass is 206 g/mol. The predicted molar refractivity (Wildman–Crippen MR) is 51.8 cm³/mol. The average Bonchev–Trinajstić information content (AvgIpc) is 2.17. The van der Waals surface area contributed by atoms with E-state index in [0.29, 0.717) is 0 Å². The van der Waals surface area contributed by atoms with Crippen molar-refractivity contribution < 1.29 is 19.0 Å². The molecule has 1 N–H and O–H groups in total. The number of halogens is 1. The van der Waals surface area contributed by atoms with E-state index in [2.05, 4.69) is 11.7 Å². The van der Waals surface area contributed by atoms with Crippen molar-refractivity contribution in [3.05, 3.63) is 0 Å². The number of aliphatic carboxylic acids is 1. The Hall–Kier alpha value is -0.640. The van der Waals surface area contributed by atoms with E-state index in [4.69, 9.17) is 5.11 Å². The maximum absolute atomic E-state index is 12.5. The Kier molecular flexibility index (Phi) is 7.38. The molecular formula is C10H19FO3. The van der Waals surface area contributed by atoms with E-state index in [1.165, 1.54) is 0 Å². The highest BCUT2D eigenvalue weighted by molar-refractivity contribution is 5.70. The van der Waals surface area contributed by atoms with Crippen LogP contribution in [0.25, 0.3) is 0 Å². The van der Waals surface area contributed by atoms with Crippen LogP contribution >= 0.6 is 0 Å². The Morgan fingerprint density at radius 1 is 1.50 bits per heavy atom. The summed E-state index contributed by atoms with van der Waals surface area (Å²) in [7, 11) is 0. The van der Waals surface area contributed by atoms with Crippen LogP contribution < -0.4 is 0 Å². The number of carbonyl (C=O) groups is 1. The molecule has 0 aliphatic rings. The maximum atomic E-state index is 12.5. The Morgan fingerprint density at radius 2 is 2.14 bits per heavy atom. The number of ether oxygens (including phenoxy) is 1. The van der Waals surface area contributed by atoms with Gasteiger partial charge in [0.1, 0.15) is 0 Å². The van der Waals surface area contributed by atoms with Gasteiger partial charge in [-0.3, -0.25) is 0 Å². The zero-order valence-electron chi connectivity index (χ0n) is 8.83. The minimum atomic E-state index is -2.18. The molecule has 3 nitrogen and oxygen atoms in total. The van der Waals surface area contributed by atoms with Crippen molar-refractivity contribution in [2.45, 2.75) is 45.9 Å². The number of carboxylic acids is 1. The summed E-state index contributed by atoms with van der Waals surface area (Å²) in [6.45, 7) is 4.28. The predicted octanol–water partition coefficient (Wildman–Crippen LogP) is 2.60. The third-order valence-corrected chi connectivity index (χ3v) is 2.22. The fourth-order valence-corrected chi connectivity index (χ4v) is 1.19. The van der Waals surface area contributed by atoms with Gasteiger partial charge in [0, 0.05) is 0 Å². The highest BCUT2D eigenvalue weighted by Gasteiger charge is 2.17. The number of rotatable bonds is 8. The first kappa shape index (κ1) is 13.4. The standard InChI is InChI=1S/C10H19FO3/c1-3-5-6-8(4-2)7-14-9(11)10(12)13/h8-9H,3-7H2,1-2H3,(H,12,13). The van der Waals surface area contributed by atoms with Crippen molar-refractivity contribution in [1.29, 1.82) is 0 Å². The molecule has 0 aliphatic heterocycles. The minimum absolute atomic E-state index is 0.198. The lowest BCUT2D eigenvalue weighted by molar-refractivity contribution is -0.164. The van der Waals surface area contributed by atoms with Gasteiger partial charge in [-0.2, -0.15) is 0 Å². The molecule has 0 saturated heterocycles. The number of unbranched alkanes of at least 4 members (excludes halogenated alkanes) is 1. The van der Waals surface area contributed by atoms with E-state index >= 15 is 0 Å². The van der Waals surface area contributed by atoms with E-state index in [1.807, 2.05) is 6.92 Å². The number of hydrogen-bond donors (Lipinski definition) is 1. The van der Waals surface area contributed by atoms with Crippen molar-refractivity contribution in [1.82, 2.24) is 0 Å². The average molecular weight is 206 g/mol. The lowest BCUT2D eigenvalue weighted by Gasteiger charge is -2.14. The first-order chi connectivity index (χ1) is 6.61. The van der Waals surface area contributed by atoms with Gasteiger partial charge in [-0.05, 0) is 12.3 Å². The van der Waals surface area contributed by atoms with Crippen molar-refractivity contribution in [2.75, 3.05) is 6.61 Å². The minimum Gasteiger partial charge on any atom is -0.477 e. The van der Waals surface area contributed by atoms with Gasteiger partial charge in [0.05, 0.1) is 6.61 Å². The number of hydrogen-bond acceptors (Lipinski definition) is 2. The Labute approximate surface area is 84.3 Å². The maximum Gasteiger partial charge on any atom is 0.366 e. The smallest absolute Gasteiger partial charge is 0.366 e. The fraction of sp³-hybridized carbons (Fsp3) is 0.900. The summed E-state index contributed by atoms with van der Waals surface area (Å²) in [5.74, 6) is -1.28. The molecule has 2 unspecified atom stereocenters. The second-order valence-corrected chi connectivity index (χ2v) is 3.40. The molecule has 2 atom stereocenters. The molecule has 0 aliphatic carbocycles. The van der Waals surface area contributed by atoms with Gasteiger partial charge in [-0.25, -0.2) is 9.18 Å². The first-order valence-corrected chi connectivity index (χ1v) is 5.10. The van der Waals surface area contributed by atoms with Crippen LogP contribution in [0, 0.1) is 5.92 Å². The van der Waals surface area contributed by atoms with Crippen LogP contribution in [-0.2, 0) is 9.53 Å². The van der Waals surface area contributed by atoms with Crippen LogP contribution in [0.5, 0.6) is 0 Å². The summed E-state index contributed by atoms with van der Waals surface area (Å²) in [6.07, 6.45) is 1.86. The van der Waals surface area contributed by atoms with Crippen molar-refractivity contribution in [3.63, 3.8) is 0 Å². The molecule has 0 bridgehead atoms. The summed E-state index contributed by atoms with van der Waals surface area (Å²) >= 11 is 0. The van der Waals surface area contributed by atoms with Crippen LogP contribution in [0.4, 0.5) is 4.39 Å². The van der Waals surface area contributed by atoms with Crippen LogP contribution in [-0.4, -0.2) is 24.0 Å². The Balaban J connectivity index is 3.66. The van der Waals surface area contributed by atoms with Gasteiger partial charge in [-0.15, -0.1) is 0 Å². The van der Waals surface area contributed by atoms with Crippen LogP contribution in [0.15, 0.2) is 0 Å². The molecule has 0 heterocycles. The SMILES string of the molecule is CCCCC(CC)COC(F)C(=O)O. The van der Waals surface area contributed by atoms with Gasteiger partial charge < -0.3 is 9.84 Å². The van der Waals surface area contributed by atoms with Crippen LogP contribution in [0.2, 0.25) is 0 Å². The molecule has 0 radical (unpaired) electrons. The lowest BCUT2D eigenvalue weighted by atomic mass is 10.0. The van der Waals surface area contributed by atoms with Gasteiger partial charge in [0.15, 0.2) is 0 Å². The third kappa shape index (κ3) is 5.91. The summed E-state index contributed by atoms with van der Waals surface area (Å²) in [6, 6.07) is 0. The van der Waals surface area contributed by atoms with Gasteiger partial charge in [0.25, 0.3) is 6.36 Å². The Morgan fingerprint density at radius 3 is 2.57 bits per heavy atom. The van der Waals surface area contributed by atoms with E-state index < -0.39 is 12.3 Å². The van der Waals surface area contributed by atoms with Crippen molar-refractivity contribution in [3.8, 4) is 0 Å². The second kappa shape index (κ2) is 7.74. The van der Waals surface area contributed by atoms with Gasteiger partial charge in [0.2, 0.25) is 0 Å². The highest BCUT2D eigenvalue weighted by atomic mass is 19.1. The molecule has 0 aromatic heterocycles. The zero-order valence-corrected chi connectivity index (χ0v) is 8.83. The number of alkyl halides is 1. The molecule has 0 saturated carbocycles. The van der Waals surface area contributed by atoms with E-state index in [1.54, 1.807) is 0 Å². The topological polar surface area (TPSA) is 46.5 Å². The van der Waals surface area contributed by atoms with Crippen molar-refractivity contribution in [2.24, 2.45) is 5.92 Å². The molecule has 84 valence electrons. The Bertz CT molecular complexity index is 161. The molecule has 0 aromatic carbocycles. The molecule has 0 amide bonds. The zero-order chi connectivity index (χ0) is 11.0. The van der Waals surface area contributed by atoms with Crippen LogP contribution in [0.1, 0.15) is 39.5 Å². The summed E-state index contributed by atoms with van der Waals surface area (Å²) in [5, 5.41) is 8.24.